The maximum absolute atomic E-state index is 8.57. The fourth-order valence-corrected chi connectivity index (χ4v) is 5.81. The van der Waals surface area contributed by atoms with Crippen molar-refractivity contribution in [2.24, 2.45) is 0 Å². The highest BCUT2D eigenvalue weighted by Gasteiger charge is 2.26. The average Bonchev–Trinajstić information content (AvgIpc) is 3.50. The Morgan fingerprint density at radius 3 is 2.50 bits per heavy atom. The average molecular weight is 447 g/mol. The van der Waals surface area contributed by atoms with Gasteiger partial charge in [-0.15, -0.1) is 11.3 Å². The van der Waals surface area contributed by atoms with E-state index in [0.717, 1.165) is 59.7 Å². The van der Waals surface area contributed by atoms with Crippen molar-refractivity contribution < 1.29 is 0 Å². The number of nitrogens with one attached hydrogen (secondary N) is 1. The third kappa shape index (κ3) is 4.14. The largest absolute Gasteiger partial charge is 0.398 e. The van der Waals surface area contributed by atoms with Gasteiger partial charge in [0.25, 0.3) is 0 Å². The van der Waals surface area contributed by atoms with Crippen molar-refractivity contribution in [2.75, 3.05) is 36.8 Å². The summed E-state index contributed by atoms with van der Waals surface area (Å²) in [5.74, 6) is 1.04. The quantitative estimate of drug-likeness (QED) is 0.443. The van der Waals surface area contributed by atoms with E-state index in [4.69, 9.17) is 21.1 Å². The van der Waals surface area contributed by atoms with Gasteiger partial charge in [-0.3, -0.25) is 10.3 Å². The van der Waals surface area contributed by atoms with Gasteiger partial charge in [0.15, 0.2) is 0 Å². The molecule has 0 unspecified atom stereocenters. The Kier molecular flexibility index (Phi) is 5.93. The standard InChI is InChI=1S/C25H30N6S/c1-17-24(29-25(32-17)23(27)20-8-4-5-9-21(20)26)18-10-11-22(28-16-18)31-14-12-30(13-15-31)19-6-2-3-7-19/h4-5,8-11,16,19,27H,2-3,6-7,12-15,26H2,1H3. The number of hydrogen-bond donors (Lipinski definition) is 2. The molecular formula is C25H30N6S. The van der Waals surface area contributed by atoms with E-state index in [1.807, 2.05) is 37.4 Å². The number of piperazine rings is 1. The molecule has 7 heteroatoms. The second-order valence-corrected chi connectivity index (χ2v) is 9.96. The molecule has 0 bridgehead atoms. The van der Waals surface area contributed by atoms with Crippen molar-refractivity contribution >= 4 is 28.6 Å². The summed E-state index contributed by atoms with van der Waals surface area (Å²) in [6, 6.07) is 12.5. The van der Waals surface area contributed by atoms with Crippen LogP contribution in [-0.2, 0) is 0 Å². The maximum Gasteiger partial charge on any atom is 0.142 e. The van der Waals surface area contributed by atoms with Gasteiger partial charge < -0.3 is 10.6 Å². The van der Waals surface area contributed by atoms with Gasteiger partial charge in [0.2, 0.25) is 0 Å². The van der Waals surface area contributed by atoms with E-state index < -0.39 is 0 Å². The third-order valence-electron chi connectivity index (χ3n) is 6.74. The molecule has 1 saturated carbocycles. The molecule has 1 aromatic carbocycles. The Bertz CT molecular complexity index is 1090. The number of nitrogens with two attached hydrogens (primary N) is 1. The van der Waals surface area contributed by atoms with Gasteiger partial charge in [0.05, 0.1) is 11.4 Å². The number of anilines is 2. The van der Waals surface area contributed by atoms with E-state index in [1.165, 1.54) is 37.0 Å². The summed E-state index contributed by atoms with van der Waals surface area (Å²) in [5, 5.41) is 9.25. The number of aryl methyl sites for hydroxylation is 1. The normalized spacial score (nSPS) is 17.7. The Hall–Kier alpha value is -2.77. The van der Waals surface area contributed by atoms with Gasteiger partial charge in [-0.2, -0.15) is 0 Å². The first-order chi connectivity index (χ1) is 15.6. The molecule has 2 fully saturated rings. The second-order valence-electron chi connectivity index (χ2n) is 8.75. The molecule has 166 valence electrons. The molecule has 1 saturated heterocycles. The molecule has 0 atom stereocenters. The number of nitrogens with zero attached hydrogens (tertiary/aromatic N) is 4. The van der Waals surface area contributed by atoms with E-state index >= 15 is 0 Å². The van der Waals surface area contributed by atoms with Gasteiger partial charge in [-0.1, -0.05) is 31.0 Å². The Labute approximate surface area is 193 Å². The monoisotopic (exact) mass is 446 g/mol. The molecule has 3 aromatic rings. The smallest absolute Gasteiger partial charge is 0.142 e. The van der Waals surface area contributed by atoms with Crippen LogP contribution in [0.15, 0.2) is 42.6 Å². The van der Waals surface area contributed by atoms with Crippen LogP contribution in [0.3, 0.4) is 0 Å². The zero-order valence-corrected chi connectivity index (χ0v) is 19.4. The van der Waals surface area contributed by atoms with Crippen LogP contribution in [0, 0.1) is 12.3 Å². The fourth-order valence-electron chi connectivity index (χ4n) is 4.91. The minimum atomic E-state index is 0.368. The number of thiazole rings is 1. The zero-order valence-electron chi connectivity index (χ0n) is 18.6. The lowest BCUT2D eigenvalue weighted by Crippen LogP contribution is -2.49. The van der Waals surface area contributed by atoms with E-state index in [9.17, 15) is 0 Å². The molecule has 2 aliphatic rings. The number of hydrogen-bond acceptors (Lipinski definition) is 7. The minimum absolute atomic E-state index is 0.368. The summed E-state index contributed by atoms with van der Waals surface area (Å²) in [5.41, 5.74) is 9.65. The highest BCUT2D eigenvalue weighted by Crippen LogP contribution is 2.30. The lowest BCUT2D eigenvalue weighted by Gasteiger charge is -2.38. The SMILES string of the molecule is Cc1sc(C(=N)c2ccccc2N)nc1-c1ccc(N2CCN(C3CCCC3)CC2)nc1. The molecule has 32 heavy (non-hydrogen) atoms. The van der Waals surface area contributed by atoms with Crippen molar-refractivity contribution in [3.63, 3.8) is 0 Å². The third-order valence-corrected chi connectivity index (χ3v) is 7.73. The molecule has 5 rings (SSSR count). The molecule has 0 amide bonds. The molecule has 3 N–H and O–H groups in total. The fraction of sp³-hybridized carbons (Fsp3) is 0.400. The number of nitrogen functional groups attached to an aromatic ring is 1. The molecule has 1 aliphatic heterocycles. The van der Waals surface area contributed by atoms with Crippen molar-refractivity contribution in [1.82, 2.24) is 14.9 Å². The molecule has 6 nitrogen and oxygen atoms in total. The van der Waals surface area contributed by atoms with Gasteiger partial charge in [-0.25, -0.2) is 9.97 Å². The van der Waals surface area contributed by atoms with Crippen LogP contribution < -0.4 is 10.6 Å². The molecule has 3 heterocycles. The minimum Gasteiger partial charge on any atom is -0.398 e. The van der Waals surface area contributed by atoms with Crippen LogP contribution in [0.5, 0.6) is 0 Å². The number of rotatable bonds is 5. The molecule has 1 aliphatic carbocycles. The number of aromatic nitrogens is 2. The Morgan fingerprint density at radius 1 is 1.06 bits per heavy atom. The van der Waals surface area contributed by atoms with Crippen LogP contribution in [0.1, 0.15) is 41.1 Å². The first-order valence-electron chi connectivity index (χ1n) is 11.5. The van der Waals surface area contributed by atoms with Crippen LogP contribution in [0.2, 0.25) is 0 Å². The molecular weight excluding hydrogens is 416 g/mol. The summed E-state index contributed by atoms with van der Waals surface area (Å²) in [4.78, 5) is 15.7. The van der Waals surface area contributed by atoms with Crippen LogP contribution in [0.25, 0.3) is 11.3 Å². The highest BCUT2D eigenvalue weighted by molar-refractivity contribution is 7.14. The van der Waals surface area contributed by atoms with Gasteiger partial charge in [-0.05, 0) is 38.0 Å². The maximum atomic E-state index is 8.57. The summed E-state index contributed by atoms with van der Waals surface area (Å²) < 4.78 is 0. The van der Waals surface area contributed by atoms with Crippen LogP contribution in [-0.4, -0.2) is 52.8 Å². The van der Waals surface area contributed by atoms with E-state index in [0.29, 0.717) is 16.4 Å². The topological polar surface area (TPSA) is 82.1 Å². The first-order valence-corrected chi connectivity index (χ1v) is 12.3. The second kappa shape index (κ2) is 9.00. The Morgan fingerprint density at radius 2 is 1.81 bits per heavy atom. The lowest BCUT2D eigenvalue weighted by molar-refractivity contribution is 0.187. The summed E-state index contributed by atoms with van der Waals surface area (Å²) in [6.45, 7) is 6.39. The van der Waals surface area contributed by atoms with Crippen LogP contribution in [0.4, 0.5) is 11.5 Å². The van der Waals surface area contributed by atoms with Crippen molar-refractivity contribution in [3.05, 3.63) is 58.0 Å². The molecule has 0 spiro atoms. The summed E-state index contributed by atoms with van der Waals surface area (Å²) in [7, 11) is 0. The predicted octanol–water partition coefficient (Wildman–Crippen LogP) is 4.58. The van der Waals surface area contributed by atoms with E-state index in [-0.39, 0.29) is 0 Å². The van der Waals surface area contributed by atoms with Crippen molar-refractivity contribution in [2.45, 2.75) is 38.6 Å². The number of para-hydroxylation sites is 1. The summed E-state index contributed by atoms with van der Waals surface area (Å²) >= 11 is 1.53. The van der Waals surface area contributed by atoms with Crippen LogP contribution >= 0.6 is 11.3 Å². The van der Waals surface area contributed by atoms with Crippen molar-refractivity contribution in [3.8, 4) is 11.3 Å². The van der Waals surface area contributed by atoms with Gasteiger partial charge >= 0.3 is 0 Å². The Balaban J connectivity index is 1.28. The molecule has 0 radical (unpaired) electrons. The van der Waals surface area contributed by atoms with Gasteiger partial charge in [0.1, 0.15) is 10.8 Å². The zero-order chi connectivity index (χ0) is 22.1. The van der Waals surface area contributed by atoms with Gasteiger partial charge in [0, 0.05) is 60.1 Å². The van der Waals surface area contributed by atoms with Crippen molar-refractivity contribution in [1.29, 1.82) is 5.41 Å². The summed E-state index contributed by atoms with van der Waals surface area (Å²) in [6.07, 6.45) is 7.45. The van der Waals surface area contributed by atoms with E-state index in [1.54, 1.807) is 0 Å². The first kappa shape index (κ1) is 21.1. The number of benzene rings is 1. The lowest BCUT2D eigenvalue weighted by atomic mass is 10.1. The number of pyridine rings is 1. The molecule has 2 aromatic heterocycles. The predicted molar refractivity (Wildman–Crippen MR) is 133 cm³/mol. The highest BCUT2D eigenvalue weighted by atomic mass is 32.1. The van der Waals surface area contributed by atoms with E-state index in [2.05, 4.69) is 21.9 Å².